The van der Waals surface area contributed by atoms with Crippen LogP contribution in [-0.2, 0) is 14.6 Å². The fraction of sp³-hybridized carbons (Fsp3) is 0.333. The number of rotatable bonds is 9. The van der Waals surface area contributed by atoms with Crippen LogP contribution in [0.15, 0.2) is 72.8 Å². The normalized spacial score (nSPS) is 12.4. The van der Waals surface area contributed by atoms with Crippen molar-refractivity contribution >= 4 is 10.4 Å². The first kappa shape index (κ1) is 32.3. The quantitative estimate of drug-likeness (QED) is 0.197. The van der Waals surface area contributed by atoms with E-state index in [9.17, 15) is 13.0 Å². The van der Waals surface area contributed by atoms with E-state index in [2.05, 4.69) is 61.4 Å². The topological polar surface area (TPSA) is 75.7 Å². The summed E-state index contributed by atoms with van der Waals surface area (Å²) in [5.74, 6) is 0.814. The van der Waals surface area contributed by atoms with Gasteiger partial charge in [-0.2, -0.15) is 0 Å². The van der Waals surface area contributed by atoms with Crippen LogP contribution in [0.5, 0.6) is 5.75 Å². The van der Waals surface area contributed by atoms with Crippen molar-refractivity contribution in [3.63, 3.8) is 0 Å². The smallest absolute Gasteiger partial charge is 0.726 e. The summed E-state index contributed by atoms with van der Waals surface area (Å²) in [5.41, 5.74) is 5.42. The van der Waals surface area contributed by atoms with Gasteiger partial charge in [0.1, 0.15) is 12.4 Å². The number of benzene rings is 3. The van der Waals surface area contributed by atoms with Crippen LogP contribution >= 0.6 is 0 Å². The summed E-state index contributed by atoms with van der Waals surface area (Å²) in [6, 6.07) is 24.5. The maximum Gasteiger partial charge on any atom is 1.00 e. The van der Waals surface area contributed by atoms with Gasteiger partial charge in [-0.25, -0.2) is 8.42 Å². The molecule has 0 aliphatic carbocycles. The molecule has 5 nitrogen and oxygen atoms in total. The Hall–Kier alpha value is -1.67. The Labute approximate surface area is 227 Å². The Morgan fingerprint density at radius 3 is 1.59 bits per heavy atom. The van der Waals surface area contributed by atoms with Gasteiger partial charge in [0.15, 0.2) is 0 Å². The minimum absolute atomic E-state index is 0. The molecule has 3 aromatic rings. The molecule has 0 fully saturated rings. The molecular weight excluding hydrogens is 459 g/mol. The molecule has 0 saturated carbocycles. The van der Waals surface area contributed by atoms with Crippen molar-refractivity contribution in [3.05, 3.63) is 101 Å². The summed E-state index contributed by atoms with van der Waals surface area (Å²) >= 11 is 0. The first-order valence-electron chi connectivity index (χ1n) is 10.2. The van der Waals surface area contributed by atoms with Gasteiger partial charge in [0.25, 0.3) is 0 Å². The molecule has 2 atom stereocenters. The summed E-state index contributed by atoms with van der Waals surface area (Å²) in [7, 11) is -4.75. The maximum absolute atomic E-state index is 10.8. The average Bonchev–Trinajstić information content (AvgIpc) is 2.76. The summed E-state index contributed by atoms with van der Waals surface area (Å²) in [4.78, 5) is 0. The van der Waals surface area contributed by atoms with Gasteiger partial charge >= 0.3 is 29.6 Å². The second-order valence-electron chi connectivity index (χ2n) is 7.62. The van der Waals surface area contributed by atoms with Gasteiger partial charge < -0.3 is 9.29 Å². The number of ether oxygens (including phenoxy) is 1. The molecule has 0 aromatic heterocycles. The van der Waals surface area contributed by atoms with Gasteiger partial charge in [0.2, 0.25) is 10.4 Å². The molecule has 0 aliphatic rings. The van der Waals surface area contributed by atoms with Crippen LogP contribution in [0.2, 0.25) is 0 Å². The van der Waals surface area contributed by atoms with Crippen LogP contribution in [-0.4, -0.2) is 26.2 Å². The van der Waals surface area contributed by atoms with Crippen molar-refractivity contribution in [2.75, 3.05) is 13.2 Å². The second-order valence-corrected chi connectivity index (χ2v) is 8.67. The SMILES string of the molecule is C.C.Cc1cc(C(C)c2ccccc2)c(OCCOS(=O)(=O)[O-])c(C(C)c2ccccc2)c1.[Na+]. The van der Waals surface area contributed by atoms with E-state index >= 15 is 0 Å². The average molecular weight is 495 g/mol. The Kier molecular flexibility index (Phi) is 13.9. The van der Waals surface area contributed by atoms with Crippen molar-refractivity contribution < 1.29 is 51.4 Å². The fourth-order valence-electron chi connectivity index (χ4n) is 3.76. The van der Waals surface area contributed by atoms with Gasteiger partial charge in [-0.3, -0.25) is 4.18 Å². The van der Waals surface area contributed by atoms with Crippen molar-refractivity contribution in [3.8, 4) is 5.75 Å². The molecule has 34 heavy (non-hydrogen) atoms. The van der Waals surface area contributed by atoms with E-state index in [4.69, 9.17) is 4.74 Å². The molecule has 0 saturated heterocycles. The number of hydrogen-bond donors (Lipinski definition) is 0. The minimum Gasteiger partial charge on any atom is -0.726 e. The van der Waals surface area contributed by atoms with Gasteiger partial charge in [0.05, 0.1) is 6.61 Å². The van der Waals surface area contributed by atoms with Gasteiger partial charge in [-0.05, 0) is 18.1 Å². The molecular formula is C27H35NaO5S. The Balaban J connectivity index is 0.00000363. The molecule has 3 aromatic carbocycles. The third-order valence-corrected chi connectivity index (χ3v) is 5.84. The maximum atomic E-state index is 10.8. The van der Waals surface area contributed by atoms with Crippen molar-refractivity contribution in [2.24, 2.45) is 0 Å². The molecule has 0 N–H and O–H groups in total. The van der Waals surface area contributed by atoms with Crippen LogP contribution < -0.4 is 34.3 Å². The monoisotopic (exact) mass is 494 g/mol. The van der Waals surface area contributed by atoms with E-state index in [1.165, 1.54) is 0 Å². The molecule has 0 aliphatic heterocycles. The Morgan fingerprint density at radius 2 is 1.21 bits per heavy atom. The first-order chi connectivity index (χ1) is 14.8. The molecule has 0 spiro atoms. The van der Waals surface area contributed by atoms with Crippen molar-refractivity contribution in [1.29, 1.82) is 0 Å². The zero-order valence-corrected chi connectivity index (χ0v) is 21.8. The molecule has 0 amide bonds. The molecule has 0 radical (unpaired) electrons. The summed E-state index contributed by atoms with van der Waals surface area (Å²) in [6.45, 7) is 5.91. The van der Waals surface area contributed by atoms with Crippen LogP contribution in [0.25, 0.3) is 0 Å². The van der Waals surface area contributed by atoms with Crippen LogP contribution in [0.3, 0.4) is 0 Å². The van der Waals surface area contributed by atoms with E-state index in [-0.39, 0.29) is 69.5 Å². The predicted molar refractivity (Wildman–Crippen MR) is 134 cm³/mol. The van der Waals surface area contributed by atoms with Crippen LogP contribution in [0.4, 0.5) is 0 Å². The largest absolute Gasteiger partial charge is 1.00 e. The zero-order chi connectivity index (χ0) is 22.4. The molecule has 2 unspecified atom stereocenters. The number of hydrogen-bond acceptors (Lipinski definition) is 5. The molecule has 180 valence electrons. The molecule has 7 heteroatoms. The van der Waals surface area contributed by atoms with Gasteiger partial charge in [-0.1, -0.05) is 107 Å². The van der Waals surface area contributed by atoms with Gasteiger partial charge in [-0.15, -0.1) is 0 Å². The van der Waals surface area contributed by atoms with E-state index in [1.54, 1.807) is 0 Å². The van der Waals surface area contributed by atoms with Crippen LogP contribution in [0, 0.1) is 6.92 Å². The molecule has 3 rings (SSSR count). The molecule has 0 bridgehead atoms. The minimum atomic E-state index is -4.75. The third kappa shape index (κ3) is 8.84. The first-order valence-corrected chi connectivity index (χ1v) is 11.6. The van der Waals surface area contributed by atoms with E-state index in [1.807, 2.05) is 36.4 Å². The summed E-state index contributed by atoms with van der Waals surface area (Å²) in [5, 5.41) is 0. The summed E-state index contributed by atoms with van der Waals surface area (Å²) < 4.78 is 42.7. The van der Waals surface area contributed by atoms with Crippen molar-refractivity contribution in [2.45, 2.75) is 47.5 Å². The van der Waals surface area contributed by atoms with Gasteiger partial charge in [0, 0.05) is 23.0 Å². The third-order valence-electron chi connectivity index (χ3n) is 5.38. The van der Waals surface area contributed by atoms with E-state index in [0.717, 1.165) is 27.8 Å². The van der Waals surface area contributed by atoms with E-state index < -0.39 is 10.4 Å². The second kappa shape index (κ2) is 14.7. The van der Waals surface area contributed by atoms with Crippen molar-refractivity contribution in [1.82, 2.24) is 0 Å². The van der Waals surface area contributed by atoms with Crippen LogP contribution in [0.1, 0.15) is 68.4 Å². The standard InChI is InChI=1S/C25H28O5S.2CH4.Na/c1-18-16-23(19(2)21-10-6-4-7-11-21)25(29-14-15-30-31(26,27)28)24(17-18)20(3)22-12-8-5-9-13-22;;;/h4-13,16-17,19-20H,14-15H2,1-3H3,(H,26,27,28);2*1H4;/q;;;+1/p-1. The predicted octanol–water partition coefficient (Wildman–Crippen LogP) is 3.43. The van der Waals surface area contributed by atoms with E-state index in [0.29, 0.717) is 5.75 Å². The number of aryl methyl sites for hydroxylation is 1. The Morgan fingerprint density at radius 1 is 0.794 bits per heavy atom. The zero-order valence-electron chi connectivity index (χ0n) is 18.9. The Bertz CT molecular complexity index is 1040. The molecule has 0 heterocycles. The summed E-state index contributed by atoms with van der Waals surface area (Å²) in [6.07, 6.45) is 0. The fourth-order valence-corrected chi connectivity index (χ4v) is 4.03.